The lowest BCUT2D eigenvalue weighted by Crippen LogP contribution is -2.32. The van der Waals surface area contributed by atoms with Crippen LogP contribution in [-0.2, 0) is 0 Å². The molecule has 0 amide bonds. The molecule has 1 aromatic carbocycles. The largest absolute Gasteiger partial charge is 0.316 e. The number of hydrogen-bond donors (Lipinski definition) is 1. The van der Waals surface area contributed by atoms with E-state index in [2.05, 4.69) is 35.1 Å². The van der Waals surface area contributed by atoms with Gasteiger partial charge in [-0.1, -0.05) is 20.3 Å². The van der Waals surface area contributed by atoms with Crippen LogP contribution in [0.1, 0.15) is 51.0 Å². The highest BCUT2D eigenvalue weighted by atomic mass is 79.9. The summed E-state index contributed by atoms with van der Waals surface area (Å²) in [5.41, 5.74) is 0.277. The van der Waals surface area contributed by atoms with Crippen LogP contribution in [-0.4, -0.2) is 13.1 Å². The molecule has 0 spiro atoms. The predicted molar refractivity (Wildman–Crippen MR) is 86.5 cm³/mol. The number of benzene rings is 1. The van der Waals surface area contributed by atoms with Gasteiger partial charge >= 0.3 is 0 Å². The van der Waals surface area contributed by atoms with Crippen LogP contribution in [0.4, 0.5) is 8.78 Å². The Morgan fingerprint density at radius 2 is 2.05 bits per heavy atom. The van der Waals surface area contributed by atoms with Crippen LogP contribution in [0.3, 0.4) is 0 Å². The van der Waals surface area contributed by atoms with Crippen molar-refractivity contribution in [3.8, 4) is 0 Å². The first-order valence-electron chi connectivity index (χ1n) is 7.88. The zero-order valence-electron chi connectivity index (χ0n) is 12.8. The van der Waals surface area contributed by atoms with Gasteiger partial charge in [0.05, 0.1) is 4.47 Å². The van der Waals surface area contributed by atoms with Gasteiger partial charge in [0, 0.05) is 5.56 Å². The zero-order valence-corrected chi connectivity index (χ0v) is 14.3. The maximum atomic E-state index is 14.4. The summed E-state index contributed by atoms with van der Waals surface area (Å²) < 4.78 is 29.0. The van der Waals surface area contributed by atoms with Gasteiger partial charge in [-0.2, -0.15) is 0 Å². The lowest BCUT2D eigenvalue weighted by atomic mass is 9.71. The van der Waals surface area contributed by atoms with E-state index in [4.69, 9.17) is 0 Å². The molecule has 3 unspecified atom stereocenters. The van der Waals surface area contributed by atoms with E-state index in [-0.39, 0.29) is 11.5 Å². The summed E-state index contributed by atoms with van der Waals surface area (Å²) >= 11 is 3.19. The molecule has 21 heavy (non-hydrogen) atoms. The molecule has 1 fully saturated rings. The van der Waals surface area contributed by atoms with E-state index in [1.807, 2.05) is 0 Å². The van der Waals surface area contributed by atoms with E-state index < -0.39 is 11.6 Å². The maximum absolute atomic E-state index is 14.4. The summed E-state index contributed by atoms with van der Waals surface area (Å²) in [6.07, 6.45) is 4.12. The molecule has 1 saturated carbocycles. The fourth-order valence-electron chi connectivity index (χ4n) is 3.39. The first-order chi connectivity index (χ1) is 10.0. The van der Waals surface area contributed by atoms with Crippen LogP contribution in [0.25, 0.3) is 0 Å². The average Bonchev–Trinajstić information content (AvgIpc) is 2.46. The van der Waals surface area contributed by atoms with Crippen LogP contribution < -0.4 is 5.32 Å². The molecular weight excluding hydrogens is 336 g/mol. The molecule has 1 aliphatic rings. The minimum Gasteiger partial charge on any atom is -0.316 e. The fourth-order valence-corrected chi connectivity index (χ4v) is 3.73. The minimum absolute atomic E-state index is 0.0318. The topological polar surface area (TPSA) is 12.0 Å². The molecule has 2 rings (SSSR count). The smallest absolute Gasteiger partial charge is 0.143 e. The van der Waals surface area contributed by atoms with Gasteiger partial charge in [0.2, 0.25) is 0 Å². The van der Waals surface area contributed by atoms with Gasteiger partial charge < -0.3 is 5.32 Å². The van der Waals surface area contributed by atoms with Crippen LogP contribution in [0, 0.1) is 23.5 Å². The summed E-state index contributed by atoms with van der Waals surface area (Å²) in [4.78, 5) is 0. The second kappa shape index (κ2) is 7.68. The van der Waals surface area contributed by atoms with E-state index in [0.29, 0.717) is 16.3 Å². The van der Waals surface area contributed by atoms with Crippen molar-refractivity contribution in [2.75, 3.05) is 13.1 Å². The van der Waals surface area contributed by atoms with E-state index in [1.54, 1.807) is 0 Å². The van der Waals surface area contributed by atoms with Crippen molar-refractivity contribution in [2.45, 2.75) is 45.4 Å². The summed E-state index contributed by atoms with van der Waals surface area (Å²) in [6.45, 7) is 6.11. The molecule has 4 heteroatoms. The van der Waals surface area contributed by atoms with E-state index in [1.165, 1.54) is 12.1 Å². The van der Waals surface area contributed by atoms with Gasteiger partial charge in [0.25, 0.3) is 0 Å². The lowest BCUT2D eigenvalue weighted by molar-refractivity contribution is 0.233. The summed E-state index contributed by atoms with van der Waals surface area (Å²) in [5.74, 6) is -0.0262. The van der Waals surface area contributed by atoms with Crippen LogP contribution in [0.15, 0.2) is 16.6 Å². The molecule has 118 valence electrons. The number of rotatable bonds is 5. The van der Waals surface area contributed by atoms with Crippen molar-refractivity contribution in [1.29, 1.82) is 0 Å². The normalized spacial score (nSPS) is 26.0. The van der Waals surface area contributed by atoms with Crippen molar-refractivity contribution in [2.24, 2.45) is 11.8 Å². The molecule has 3 atom stereocenters. The third-order valence-corrected chi connectivity index (χ3v) is 5.15. The van der Waals surface area contributed by atoms with Gasteiger partial charge in [-0.25, -0.2) is 8.78 Å². The Morgan fingerprint density at radius 3 is 2.76 bits per heavy atom. The Labute approximate surface area is 134 Å². The molecule has 0 saturated heterocycles. The number of nitrogens with one attached hydrogen (secondary N) is 1. The van der Waals surface area contributed by atoms with Gasteiger partial charge in [-0.3, -0.25) is 0 Å². The second-order valence-electron chi connectivity index (χ2n) is 6.25. The van der Waals surface area contributed by atoms with Gasteiger partial charge in [0.1, 0.15) is 11.6 Å². The molecule has 1 nitrogen and oxygen atoms in total. The lowest BCUT2D eigenvalue weighted by Gasteiger charge is -2.36. The third kappa shape index (κ3) is 4.04. The molecule has 1 N–H and O–H groups in total. The monoisotopic (exact) mass is 359 g/mol. The average molecular weight is 360 g/mol. The molecule has 0 bridgehead atoms. The summed E-state index contributed by atoms with van der Waals surface area (Å²) in [7, 11) is 0. The van der Waals surface area contributed by atoms with E-state index in [9.17, 15) is 8.78 Å². The van der Waals surface area contributed by atoms with Crippen molar-refractivity contribution < 1.29 is 8.78 Å². The SMILES string of the molecule is CCCNCC1CCC(C)CC1c1c(F)ccc(Br)c1F. The van der Waals surface area contributed by atoms with Crippen molar-refractivity contribution in [3.63, 3.8) is 0 Å². The highest BCUT2D eigenvalue weighted by Gasteiger charge is 2.33. The standard InChI is InChI=1S/C17H24BrF2N/c1-3-8-21-10-12-5-4-11(2)9-13(12)16-15(19)7-6-14(18)17(16)20/h6-7,11-13,21H,3-5,8-10H2,1-2H3. The second-order valence-corrected chi connectivity index (χ2v) is 7.10. The molecule has 0 heterocycles. The van der Waals surface area contributed by atoms with Crippen LogP contribution >= 0.6 is 15.9 Å². The van der Waals surface area contributed by atoms with Crippen molar-refractivity contribution >= 4 is 15.9 Å². The Bertz CT molecular complexity index is 478. The number of hydrogen-bond acceptors (Lipinski definition) is 1. The van der Waals surface area contributed by atoms with Crippen molar-refractivity contribution in [3.05, 3.63) is 33.8 Å². The third-order valence-electron chi connectivity index (χ3n) is 4.54. The predicted octanol–water partition coefficient (Wildman–Crippen LogP) is 5.25. The molecule has 0 aromatic heterocycles. The Kier molecular flexibility index (Phi) is 6.18. The maximum Gasteiger partial charge on any atom is 0.143 e. The first kappa shape index (κ1) is 16.9. The van der Waals surface area contributed by atoms with Gasteiger partial charge in [-0.15, -0.1) is 0 Å². The quantitative estimate of drug-likeness (QED) is 0.559. The van der Waals surface area contributed by atoms with E-state index >= 15 is 0 Å². The highest BCUT2D eigenvalue weighted by molar-refractivity contribution is 9.10. The minimum atomic E-state index is -0.422. The highest BCUT2D eigenvalue weighted by Crippen LogP contribution is 2.43. The Hall–Kier alpha value is -0.480. The Balaban J connectivity index is 2.25. The molecule has 1 aromatic rings. The molecular formula is C17H24BrF2N. The van der Waals surface area contributed by atoms with Crippen LogP contribution in [0.5, 0.6) is 0 Å². The molecule has 0 radical (unpaired) electrons. The fraction of sp³-hybridized carbons (Fsp3) is 0.647. The molecule has 1 aliphatic carbocycles. The summed E-state index contributed by atoms with van der Waals surface area (Å²) in [5, 5.41) is 3.42. The van der Waals surface area contributed by atoms with Crippen LogP contribution in [0.2, 0.25) is 0 Å². The van der Waals surface area contributed by atoms with E-state index in [0.717, 1.165) is 38.8 Å². The summed E-state index contributed by atoms with van der Waals surface area (Å²) in [6, 6.07) is 2.82. The zero-order chi connectivity index (χ0) is 15.4. The van der Waals surface area contributed by atoms with Gasteiger partial charge in [-0.05, 0) is 78.2 Å². The first-order valence-corrected chi connectivity index (χ1v) is 8.68. The van der Waals surface area contributed by atoms with Crippen molar-refractivity contribution in [1.82, 2.24) is 5.32 Å². The molecule has 0 aliphatic heterocycles. The Morgan fingerprint density at radius 1 is 1.29 bits per heavy atom. The van der Waals surface area contributed by atoms with Gasteiger partial charge in [0.15, 0.2) is 0 Å². The number of halogens is 3.